The van der Waals surface area contributed by atoms with Crippen LogP contribution in [0.4, 0.5) is 5.82 Å². The number of hydrogen-bond acceptors (Lipinski definition) is 4. The molecule has 0 bridgehead atoms. The number of hydrogen-bond donors (Lipinski definition) is 1. The minimum absolute atomic E-state index is 1.01. The van der Waals surface area contributed by atoms with Crippen LogP contribution in [-0.2, 0) is 0 Å². The lowest BCUT2D eigenvalue weighted by molar-refractivity contribution is 0.724. The SMILES string of the molecule is C/C=C(/c1cccc(N2CCCNCC2)n1)c1cccnc1C. The van der Waals surface area contributed by atoms with Crippen molar-refractivity contribution >= 4 is 11.4 Å². The summed E-state index contributed by atoms with van der Waals surface area (Å²) in [5.74, 6) is 1.06. The van der Waals surface area contributed by atoms with Gasteiger partial charge in [-0.3, -0.25) is 4.98 Å². The molecule has 23 heavy (non-hydrogen) atoms. The number of nitrogens with zero attached hydrogens (tertiary/aromatic N) is 3. The van der Waals surface area contributed by atoms with E-state index in [1.54, 1.807) is 0 Å². The van der Waals surface area contributed by atoms with Gasteiger partial charge < -0.3 is 10.2 Å². The summed E-state index contributed by atoms with van der Waals surface area (Å²) in [6.45, 7) is 8.28. The summed E-state index contributed by atoms with van der Waals surface area (Å²) in [6.07, 6.45) is 5.12. The Hall–Kier alpha value is -2.20. The molecule has 3 heterocycles. The summed E-state index contributed by atoms with van der Waals surface area (Å²) >= 11 is 0. The summed E-state index contributed by atoms with van der Waals surface area (Å²) in [7, 11) is 0. The zero-order valence-electron chi connectivity index (χ0n) is 13.9. The minimum Gasteiger partial charge on any atom is -0.355 e. The summed E-state index contributed by atoms with van der Waals surface area (Å²) < 4.78 is 0. The van der Waals surface area contributed by atoms with Crippen molar-refractivity contribution < 1.29 is 0 Å². The predicted molar refractivity (Wildman–Crippen MR) is 95.7 cm³/mol. The largest absolute Gasteiger partial charge is 0.355 e. The number of aryl methyl sites for hydroxylation is 1. The maximum Gasteiger partial charge on any atom is 0.129 e. The van der Waals surface area contributed by atoms with Gasteiger partial charge in [0.25, 0.3) is 0 Å². The van der Waals surface area contributed by atoms with Crippen LogP contribution in [0.5, 0.6) is 0 Å². The molecule has 0 radical (unpaired) electrons. The van der Waals surface area contributed by atoms with Gasteiger partial charge in [0.05, 0.1) is 5.69 Å². The Kier molecular flexibility index (Phi) is 5.03. The van der Waals surface area contributed by atoms with Crippen molar-refractivity contribution in [2.75, 3.05) is 31.1 Å². The summed E-state index contributed by atoms with van der Waals surface area (Å²) in [4.78, 5) is 11.7. The highest BCUT2D eigenvalue weighted by Gasteiger charge is 2.13. The number of nitrogens with one attached hydrogen (secondary N) is 1. The second kappa shape index (κ2) is 7.38. The van der Waals surface area contributed by atoms with E-state index in [4.69, 9.17) is 4.98 Å². The second-order valence-electron chi connectivity index (χ2n) is 5.81. The summed E-state index contributed by atoms with van der Waals surface area (Å²) in [5.41, 5.74) is 4.34. The molecule has 1 saturated heterocycles. The van der Waals surface area contributed by atoms with Crippen LogP contribution in [0.25, 0.3) is 5.57 Å². The average molecular weight is 308 g/mol. The molecule has 4 heteroatoms. The van der Waals surface area contributed by atoms with Crippen molar-refractivity contribution in [2.24, 2.45) is 0 Å². The molecule has 120 valence electrons. The van der Waals surface area contributed by atoms with Gasteiger partial charge in [0.2, 0.25) is 0 Å². The van der Waals surface area contributed by atoms with E-state index >= 15 is 0 Å². The first kappa shape index (κ1) is 15.7. The van der Waals surface area contributed by atoms with E-state index in [-0.39, 0.29) is 0 Å². The molecule has 0 spiro atoms. The van der Waals surface area contributed by atoms with Crippen LogP contribution in [0.2, 0.25) is 0 Å². The highest BCUT2D eigenvalue weighted by atomic mass is 15.2. The normalized spacial score (nSPS) is 16.3. The number of aromatic nitrogens is 2. The molecule has 4 nitrogen and oxygen atoms in total. The first-order valence-corrected chi connectivity index (χ1v) is 8.31. The Morgan fingerprint density at radius 1 is 1.17 bits per heavy atom. The van der Waals surface area contributed by atoms with Gasteiger partial charge in [0, 0.05) is 42.7 Å². The minimum atomic E-state index is 1.01. The second-order valence-corrected chi connectivity index (χ2v) is 5.81. The fraction of sp³-hybridized carbons (Fsp3) is 0.368. The Morgan fingerprint density at radius 3 is 2.91 bits per heavy atom. The quantitative estimate of drug-likeness (QED) is 0.946. The number of pyridine rings is 2. The molecule has 0 atom stereocenters. The van der Waals surface area contributed by atoms with Crippen molar-refractivity contribution in [2.45, 2.75) is 20.3 Å². The Labute approximate surface area is 138 Å². The summed E-state index contributed by atoms with van der Waals surface area (Å²) in [5, 5.41) is 3.44. The average Bonchev–Trinajstić information content (AvgIpc) is 2.87. The lowest BCUT2D eigenvalue weighted by Gasteiger charge is -2.22. The van der Waals surface area contributed by atoms with Gasteiger partial charge in [-0.25, -0.2) is 4.98 Å². The van der Waals surface area contributed by atoms with E-state index < -0.39 is 0 Å². The van der Waals surface area contributed by atoms with Gasteiger partial charge in [-0.05, 0) is 45.0 Å². The number of allylic oxidation sites excluding steroid dienone is 1. The smallest absolute Gasteiger partial charge is 0.129 e. The molecule has 0 aromatic carbocycles. The van der Waals surface area contributed by atoms with E-state index in [9.17, 15) is 0 Å². The van der Waals surface area contributed by atoms with Crippen LogP contribution in [0.15, 0.2) is 42.6 Å². The molecule has 3 rings (SSSR count). The standard InChI is InChI=1S/C19H24N4/c1-3-16(17-7-5-11-21-15(17)2)18-8-4-9-19(22-18)23-13-6-10-20-12-14-23/h3-5,7-9,11,20H,6,10,12-14H2,1-2H3/b16-3+. The molecule has 1 fully saturated rings. The molecule has 1 aliphatic heterocycles. The van der Waals surface area contributed by atoms with Crippen LogP contribution in [0.3, 0.4) is 0 Å². The zero-order valence-corrected chi connectivity index (χ0v) is 13.9. The third-order valence-corrected chi connectivity index (χ3v) is 4.26. The molecule has 0 saturated carbocycles. The lowest BCUT2D eigenvalue weighted by atomic mass is 10.0. The van der Waals surface area contributed by atoms with Crippen molar-refractivity contribution in [3.63, 3.8) is 0 Å². The van der Waals surface area contributed by atoms with Crippen molar-refractivity contribution in [1.29, 1.82) is 0 Å². The Morgan fingerprint density at radius 2 is 2.09 bits per heavy atom. The van der Waals surface area contributed by atoms with Crippen molar-refractivity contribution in [1.82, 2.24) is 15.3 Å². The van der Waals surface area contributed by atoms with Crippen LogP contribution >= 0.6 is 0 Å². The lowest BCUT2D eigenvalue weighted by Crippen LogP contribution is -2.28. The number of rotatable bonds is 3. The molecule has 2 aromatic rings. The van der Waals surface area contributed by atoms with Crippen LogP contribution < -0.4 is 10.2 Å². The molecule has 1 N–H and O–H groups in total. The van der Waals surface area contributed by atoms with Crippen molar-refractivity contribution in [3.8, 4) is 0 Å². The third kappa shape index (κ3) is 3.59. The molecular formula is C19H24N4. The maximum absolute atomic E-state index is 4.93. The van der Waals surface area contributed by atoms with Gasteiger partial charge in [-0.2, -0.15) is 0 Å². The van der Waals surface area contributed by atoms with Gasteiger partial charge in [0.1, 0.15) is 5.82 Å². The zero-order chi connectivity index (χ0) is 16.1. The van der Waals surface area contributed by atoms with Gasteiger partial charge in [-0.15, -0.1) is 0 Å². The predicted octanol–water partition coefficient (Wildman–Crippen LogP) is 3.04. The van der Waals surface area contributed by atoms with E-state index in [0.717, 1.165) is 60.9 Å². The topological polar surface area (TPSA) is 41.0 Å². The summed E-state index contributed by atoms with van der Waals surface area (Å²) in [6, 6.07) is 10.4. The van der Waals surface area contributed by atoms with Crippen LogP contribution in [0, 0.1) is 6.92 Å². The molecular weight excluding hydrogens is 284 g/mol. The van der Waals surface area contributed by atoms with Gasteiger partial charge in [0.15, 0.2) is 0 Å². The third-order valence-electron chi connectivity index (χ3n) is 4.26. The van der Waals surface area contributed by atoms with E-state index in [1.807, 2.05) is 19.2 Å². The molecule has 0 aliphatic carbocycles. The van der Waals surface area contributed by atoms with E-state index in [1.165, 1.54) is 0 Å². The highest BCUT2D eigenvalue weighted by Crippen LogP contribution is 2.25. The number of anilines is 1. The van der Waals surface area contributed by atoms with Gasteiger partial charge >= 0.3 is 0 Å². The molecule has 0 unspecified atom stereocenters. The molecule has 0 amide bonds. The van der Waals surface area contributed by atoms with Crippen LogP contribution in [0.1, 0.15) is 30.3 Å². The molecule has 1 aliphatic rings. The monoisotopic (exact) mass is 308 g/mol. The first-order chi connectivity index (χ1) is 11.3. The molecule has 2 aromatic heterocycles. The van der Waals surface area contributed by atoms with Crippen LogP contribution in [-0.4, -0.2) is 36.1 Å². The fourth-order valence-electron chi connectivity index (χ4n) is 3.03. The Balaban J connectivity index is 1.93. The Bertz CT molecular complexity index is 685. The van der Waals surface area contributed by atoms with Gasteiger partial charge in [-0.1, -0.05) is 18.2 Å². The fourth-order valence-corrected chi connectivity index (χ4v) is 3.03. The van der Waals surface area contributed by atoms with Crippen molar-refractivity contribution in [3.05, 3.63) is 59.6 Å². The van der Waals surface area contributed by atoms with E-state index in [0.29, 0.717) is 0 Å². The highest BCUT2D eigenvalue weighted by molar-refractivity contribution is 5.79. The van der Waals surface area contributed by atoms with E-state index in [2.05, 4.69) is 52.5 Å². The maximum atomic E-state index is 4.93. The first-order valence-electron chi connectivity index (χ1n) is 8.31.